The van der Waals surface area contributed by atoms with Gasteiger partial charge in [-0.2, -0.15) is 8.42 Å². The molecule has 0 fully saturated rings. The summed E-state index contributed by atoms with van der Waals surface area (Å²) < 4.78 is 31.6. The molecule has 0 saturated carbocycles. The highest BCUT2D eigenvalue weighted by atomic mass is 35.5. The van der Waals surface area contributed by atoms with Crippen molar-refractivity contribution in [3.8, 4) is 5.75 Å². The van der Waals surface area contributed by atoms with Crippen LogP contribution in [-0.4, -0.2) is 107 Å². The summed E-state index contributed by atoms with van der Waals surface area (Å²) in [6.45, 7) is 0. The Labute approximate surface area is 244 Å². The highest BCUT2D eigenvalue weighted by molar-refractivity contribution is 7.79. The van der Waals surface area contributed by atoms with Gasteiger partial charge in [-0.15, -0.1) is 0 Å². The van der Waals surface area contributed by atoms with Gasteiger partial charge in [0, 0.05) is 25.6 Å². The number of allylic oxidation sites excluding steroid dienone is 1. The monoisotopic (exact) mass is 632 g/mol. The fraction of sp³-hybridized carbons (Fsp3) is 0.417. The van der Waals surface area contributed by atoms with E-state index < -0.39 is 74.2 Å². The Balaban J connectivity index is 0.000000892. The van der Waals surface area contributed by atoms with Gasteiger partial charge in [-0.05, 0) is 38.4 Å². The molecule has 4 unspecified atom stereocenters. The molecule has 9 N–H and O–H groups in total. The number of hydrogen-bond donors (Lipinski definition) is 8. The predicted molar refractivity (Wildman–Crippen MR) is 147 cm³/mol. The van der Waals surface area contributed by atoms with Gasteiger partial charge < -0.3 is 36.4 Å². The molecule has 18 heteroatoms. The second-order valence-corrected chi connectivity index (χ2v) is 11.6. The molecule has 0 aliphatic heterocycles. The van der Waals surface area contributed by atoms with Crippen LogP contribution in [0.1, 0.15) is 22.3 Å². The average molecular weight is 633 g/mol. The van der Waals surface area contributed by atoms with Crippen LogP contribution in [0.2, 0.25) is 5.02 Å². The maximum absolute atomic E-state index is 13.8. The zero-order valence-electron chi connectivity index (χ0n) is 22.6. The number of phenolic OH excluding ortho intramolecular Hbond substituents is 1. The van der Waals surface area contributed by atoms with Gasteiger partial charge in [-0.3, -0.25) is 33.2 Å². The standard InChI is InChI=1S/C24H27ClN4O8.H2O4S/c1-28(2)16-9-5-8-6-10-17(29(3)4)20(33)13(23(26)36)22(35)24(10,37)21(34)11(8)18(31)12(9)19(32)15(14(16)25)27-7-30;1-5(2,3)4/h7-8,10,17,32-34,37H,5-6H2,1-4H3,(H2,26,36)(H,27,30);(H2,1,2,3,4). The lowest BCUT2D eigenvalue weighted by Crippen LogP contribution is -2.63. The number of aliphatic hydroxyl groups excluding tert-OH is 2. The largest absolute Gasteiger partial charge is 0.510 e. The molecule has 4 rings (SSSR count). The highest BCUT2D eigenvalue weighted by Crippen LogP contribution is 2.55. The summed E-state index contributed by atoms with van der Waals surface area (Å²) in [6, 6.07) is -1.09. The van der Waals surface area contributed by atoms with Crippen LogP contribution in [0.4, 0.5) is 11.4 Å². The number of rotatable bonds is 5. The van der Waals surface area contributed by atoms with E-state index in [1.165, 1.54) is 4.90 Å². The summed E-state index contributed by atoms with van der Waals surface area (Å²) in [7, 11) is 1.76. The van der Waals surface area contributed by atoms with Gasteiger partial charge in [0.15, 0.2) is 17.1 Å². The summed E-state index contributed by atoms with van der Waals surface area (Å²) in [4.78, 5) is 53.4. The van der Waals surface area contributed by atoms with Crippen LogP contribution in [0.15, 0.2) is 22.7 Å². The third-order valence-electron chi connectivity index (χ3n) is 7.45. The van der Waals surface area contributed by atoms with E-state index in [1.54, 1.807) is 33.1 Å². The van der Waals surface area contributed by atoms with Crippen molar-refractivity contribution in [1.82, 2.24) is 4.90 Å². The number of amides is 2. The smallest absolute Gasteiger partial charge is 0.394 e. The molecule has 1 aromatic rings. The van der Waals surface area contributed by atoms with Gasteiger partial charge in [-0.1, -0.05) is 11.6 Å². The Kier molecular flexibility index (Phi) is 8.71. The number of hydrogen-bond acceptors (Lipinski definition) is 12. The molecule has 4 atom stereocenters. The Morgan fingerprint density at radius 1 is 1.14 bits per heavy atom. The van der Waals surface area contributed by atoms with Crippen molar-refractivity contribution < 1.29 is 57.1 Å². The van der Waals surface area contributed by atoms with Gasteiger partial charge in [0.05, 0.1) is 22.3 Å². The molecule has 0 bridgehead atoms. The molecule has 16 nitrogen and oxygen atoms in total. The Morgan fingerprint density at radius 2 is 1.69 bits per heavy atom. The molecule has 0 spiro atoms. The SMILES string of the molecule is CN(C)c1c(Cl)c(NC=O)c(O)c2c1CC1CC3C(N(C)C)C(O)=C(C(N)=O)C(=O)C3(O)C(O)=C1C2=O.O=S(=O)(O)O. The van der Waals surface area contributed by atoms with Gasteiger partial charge in [0.1, 0.15) is 22.8 Å². The minimum absolute atomic E-state index is 0.00388. The van der Waals surface area contributed by atoms with Crippen LogP contribution in [0.25, 0.3) is 0 Å². The van der Waals surface area contributed by atoms with Crippen LogP contribution in [0, 0.1) is 11.8 Å². The number of benzene rings is 1. The number of phenols is 1. The first-order valence-electron chi connectivity index (χ1n) is 12.0. The quantitative estimate of drug-likeness (QED) is 0.0900. The van der Waals surface area contributed by atoms with Gasteiger partial charge in [0.25, 0.3) is 5.91 Å². The topological polar surface area (TPSA) is 268 Å². The number of fused-ring (bicyclic) bond motifs is 3. The Hall–Kier alpha value is -3.74. The number of aromatic hydroxyl groups is 1. The van der Waals surface area contributed by atoms with Crippen LogP contribution < -0.4 is 16.0 Å². The molecule has 42 heavy (non-hydrogen) atoms. The van der Waals surface area contributed by atoms with E-state index in [4.69, 9.17) is 34.9 Å². The fourth-order valence-electron chi connectivity index (χ4n) is 5.99. The molecule has 0 heterocycles. The maximum Gasteiger partial charge on any atom is 0.394 e. The van der Waals surface area contributed by atoms with E-state index in [0.717, 1.165) is 0 Å². The van der Waals surface area contributed by atoms with Crippen molar-refractivity contribution in [2.45, 2.75) is 24.5 Å². The zero-order chi connectivity index (χ0) is 32.2. The molecule has 0 aromatic heterocycles. The fourth-order valence-corrected chi connectivity index (χ4v) is 6.42. The number of likely N-dealkylation sites (N-methyl/N-ethyl adjacent to an activating group) is 1. The lowest BCUT2D eigenvalue weighted by Gasteiger charge is -2.50. The highest BCUT2D eigenvalue weighted by Gasteiger charge is 2.63. The van der Waals surface area contributed by atoms with E-state index in [2.05, 4.69) is 5.32 Å². The minimum atomic E-state index is -4.67. The van der Waals surface area contributed by atoms with Crippen molar-refractivity contribution >= 4 is 57.3 Å². The van der Waals surface area contributed by atoms with E-state index in [-0.39, 0.29) is 41.1 Å². The number of halogens is 1. The number of anilines is 2. The number of aliphatic hydroxyl groups is 3. The van der Waals surface area contributed by atoms with Crippen LogP contribution in [0.3, 0.4) is 0 Å². The van der Waals surface area contributed by atoms with Crippen molar-refractivity contribution in [1.29, 1.82) is 0 Å². The number of Topliss-reactive ketones (excluding diaryl/α,β-unsaturated/α-hetero) is 2. The number of primary amides is 1. The number of nitrogens with two attached hydrogens (primary N) is 1. The van der Waals surface area contributed by atoms with Crippen LogP contribution in [-0.2, 0) is 31.2 Å². The predicted octanol–water partition coefficient (Wildman–Crippen LogP) is -0.244. The lowest BCUT2D eigenvalue weighted by atomic mass is 9.58. The minimum Gasteiger partial charge on any atom is -0.510 e. The second-order valence-electron chi connectivity index (χ2n) is 10.3. The second kappa shape index (κ2) is 11.2. The molecular formula is C24H29ClN4O12S. The molecule has 230 valence electrons. The Bertz CT molecular complexity index is 1560. The summed E-state index contributed by atoms with van der Waals surface area (Å²) in [6.07, 6.45) is 0.293. The van der Waals surface area contributed by atoms with E-state index >= 15 is 0 Å². The summed E-state index contributed by atoms with van der Waals surface area (Å²) in [5.74, 6) is -7.63. The first-order chi connectivity index (χ1) is 19.2. The summed E-state index contributed by atoms with van der Waals surface area (Å²) in [5.41, 5.74) is 1.64. The number of carbonyl (C=O) groups is 4. The number of nitrogens with zero attached hydrogens (tertiary/aromatic N) is 2. The molecule has 3 aliphatic rings. The Morgan fingerprint density at radius 3 is 2.14 bits per heavy atom. The van der Waals surface area contributed by atoms with Gasteiger partial charge in [-0.25, -0.2) is 0 Å². The van der Waals surface area contributed by atoms with Crippen molar-refractivity contribution in [3.63, 3.8) is 0 Å². The van der Waals surface area contributed by atoms with Crippen LogP contribution >= 0.6 is 11.6 Å². The van der Waals surface area contributed by atoms with E-state index in [1.807, 2.05) is 0 Å². The molecule has 3 aliphatic carbocycles. The number of ketones is 2. The van der Waals surface area contributed by atoms with Gasteiger partial charge >= 0.3 is 10.4 Å². The van der Waals surface area contributed by atoms with Crippen LogP contribution in [0.5, 0.6) is 5.75 Å². The summed E-state index contributed by atoms with van der Waals surface area (Å²) in [5, 5.41) is 47.0. The molecular weight excluding hydrogens is 604 g/mol. The number of carbonyl (C=O) groups excluding carboxylic acids is 4. The zero-order valence-corrected chi connectivity index (χ0v) is 24.2. The van der Waals surface area contributed by atoms with E-state index in [0.29, 0.717) is 11.3 Å². The number of nitrogens with one attached hydrogen (secondary N) is 1. The first kappa shape index (κ1) is 32.8. The third kappa shape index (κ3) is 5.18. The molecule has 0 radical (unpaired) electrons. The first-order valence-corrected chi connectivity index (χ1v) is 13.8. The third-order valence-corrected chi connectivity index (χ3v) is 7.82. The maximum atomic E-state index is 13.8. The molecule has 1 aromatic carbocycles. The normalized spacial score (nSPS) is 25.2. The van der Waals surface area contributed by atoms with Crippen molar-refractivity contribution in [2.24, 2.45) is 17.6 Å². The average Bonchev–Trinajstić information content (AvgIpc) is 2.82. The lowest BCUT2D eigenvalue weighted by molar-refractivity contribution is -0.148. The molecule has 2 amide bonds. The van der Waals surface area contributed by atoms with Gasteiger partial charge in [0.2, 0.25) is 12.2 Å². The van der Waals surface area contributed by atoms with Crippen molar-refractivity contribution in [3.05, 3.63) is 38.8 Å². The van der Waals surface area contributed by atoms with E-state index in [9.17, 15) is 39.6 Å². The summed E-state index contributed by atoms with van der Waals surface area (Å²) >= 11 is 6.49. The molecule has 0 saturated heterocycles. The van der Waals surface area contributed by atoms with Crippen molar-refractivity contribution in [2.75, 3.05) is 38.4 Å².